The number of rotatable bonds is 4. The summed E-state index contributed by atoms with van der Waals surface area (Å²) in [5.41, 5.74) is 1.09. The van der Waals surface area contributed by atoms with Gasteiger partial charge in [-0.25, -0.2) is 0 Å². The smallest absolute Gasteiger partial charge is 0.307 e. The Morgan fingerprint density at radius 2 is 1.82 bits per heavy atom. The molecule has 0 aliphatic rings. The molecule has 0 atom stereocenters. The van der Waals surface area contributed by atoms with Crippen molar-refractivity contribution in [1.82, 2.24) is 15.4 Å². The van der Waals surface area contributed by atoms with E-state index in [1.807, 2.05) is 0 Å². The third-order valence-corrected chi connectivity index (χ3v) is 3.08. The molecule has 0 spiro atoms. The average molecular weight is 304 g/mol. The van der Waals surface area contributed by atoms with Gasteiger partial charge in [-0.2, -0.15) is 0 Å². The van der Waals surface area contributed by atoms with Crippen LogP contribution in [0.2, 0.25) is 0 Å². The minimum atomic E-state index is 0.0978. The second-order valence-electron chi connectivity index (χ2n) is 4.35. The van der Waals surface area contributed by atoms with Crippen LogP contribution in [0.15, 0.2) is 27.2 Å². The number of hydrogen-bond donors (Lipinski definition) is 0. The van der Waals surface area contributed by atoms with Crippen LogP contribution in [-0.4, -0.2) is 29.6 Å². The van der Waals surface area contributed by atoms with Crippen molar-refractivity contribution in [2.24, 2.45) is 0 Å². The van der Waals surface area contributed by atoms with Crippen LogP contribution in [0.3, 0.4) is 0 Å². The molecule has 9 nitrogen and oxygen atoms in total. The summed E-state index contributed by atoms with van der Waals surface area (Å²) >= 11 is 0. The Labute approximate surface area is 124 Å². The molecule has 22 heavy (non-hydrogen) atoms. The Bertz CT molecular complexity index is 811. The van der Waals surface area contributed by atoms with Crippen LogP contribution in [0.25, 0.3) is 23.0 Å². The monoisotopic (exact) mass is 304 g/mol. The largest absolute Gasteiger partial charge is 0.493 e. The quantitative estimate of drug-likeness (QED) is 0.664. The number of aromatic nitrogens is 4. The van der Waals surface area contributed by atoms with Crippen LogP contribution < -0.4 is 14.4 Å². The van der Waals surface area contributed by atoms with Gasteiger partial charge in [-0.1, -0.05) is 0 Å². The zero-order valence-corrected chi connectivity index (χ0v) is 12.1. The van der Waals surface area contributed by atoms with E-state index in [0.29, 0.717) is 17.1 Å². The standard InChI is InChI=1S/C13H12N4O5/c1-7-11(16-22-17(7)18)13-15-14-12(21-13)8-4-5-9(19-2)10(6-8)20-3/h4-6H,1-3H3. The molecule has 9 heteroatoms. The predicted molar refractivity (Wildman–Crippen MR) is 72.0 cm³/mol. The van der Waals surface area contributed by atoms with Gasteiger partial charge in [-0.05, 0) is 23.1 Å². The summed E-state index contributed by atoms with van der Waals surface area (Å²) in [5.74, 6) is 1.48. The van der Waals surface area contributed by atoms with Gasteiger partial charge >= 0.3 is 5.69 Å². The first-order valence-corrected chi connectivity index (χ1v) is 6.26. The Hall–Kier alpha value is -3.10. The van der Waals surface area contributed by atoms with Crippen molar-refractivity contribution in [3.8, 4) is 34.5 Å². The van der Waals surface area contributed by atoms with E-state index in [2.05, 4.69) is 20.0 Å². The molecule has 0 unspecified atom stereocenters. The summed E-state index contributed by atoms with van der Waals surface area (Å²) in [6.45, 7) is 1.54. The first-order chi connectivity index (χ1) is 10.6. The first-order valence-electron chi connectivity index (χ1n) is 6.26. The average Bonchev–Trinajstić information content (AvgIpc) is 3.14. The zero-order valence-electron chi connectivity index (χ0n) is 12.1. The normalized spacial score (nSPS) is 10.7. The van der Waals surface area contributed by atoms with E-state index in [4.69, 9.17) is 13.9 Å². The van der Waals surface area contributed by atoms with Gasteiger partial charge in [0.15, 0.2) is 11.5 Å². The summed E-state index contributed by atoms with van der Waals surface area (Å²) in [5, 5.41) is 22.6. The summed E-state index contributed by atoms with van der Waals surface area (Å²) < 4.78 is 20.4. The second-order valence-corrected chi connectivity index (χ2v) is 4.35. The van der Waals surface area contributed by atoms with Crippen molar-refractivity contribution in [3.63, 3.8) is 0 Å². The molecule has 0 amide bonds. The van der Waals surface area contributed by atoms with E-state index in [1.54, 1.807) is 32.2 Å². The summed E-state index contributed by atoms with van der Waals surface area (Å²) in [4.78, 5) is 0.273. The Balaban J connectivity index is 1.99. The highest BCUT2D eigenvalue weighted by Crippen LogP contribution is 2.32. The Kier molecular flexibility index (Phi) is 3.37. The first kappa shape index (κ1) is 13.9. The molecule has 0 saturated carbocycles. The number of methoxy groups -OCH3 is 2. The van der Waals surface area contributed by atoms with Gasteiger partial charge in [0, 0.05) is 12.5 Å². The maximum atomic E-state index is 11.2. The topological polar surface area (TPSA) is 110 Å². The highest BCUT2D eigenvalue weighted by atomic mass is 16.8. The van der Waals surface area contributed by atoms with Crippen LogP contribution in [0.1, 0.15) is 5.69 Å². The molecule has 0 bridgehead atoms. The van der Waals surface area contributed by atoms with Gasteiger partial charge in [-0.15, -0.1) is 10.2 Å². The fraction of sp³-hybridized carbons (Fsp3) is 0.231. The Morgan fingerprint density at radius 1 is 1.09 bits per heavy atom. The van der Waals surface area contributed by atoms with Crippen molar-refractivity contribution in [1.29, 1.82) is 0 Å². The molecule has 3 aromatic rings. The molecule has 0 aliphatic heterocycles. The maximum Gasteiger partial charge on any atom is 0.307 e. The van der Waals surface area contributed by atoms with E-state index in [1.165, 1.54) is 7.11 Å². The fourth-order valence-corrected chi connectivity index (χ4v) is 1.89. The third kappa shape index (κ3) is 2.22. The molecule has 0 aliphatic carbocycles. The number of benzene rings is 1. The molecule has 0 radical (unpaired) electrons. The van der Waals surface area contributed by atoms with Gasteiger partial charge < -0.3 is 19.1 Å². The lowest BCUT2D eigenvalue weighted by Gasteiger charge is -2.07. The van der Waals surface area contributed by atoms with Crippen molar-refractivity contribution in [2.75, 3.05) is 14.2 Å². The molecule has 1 aromatic carbocycles. The van der Waals surface area contributed by atoms with E-state index in [9.17, 15) is 5.21 Å². The number of ether oxygens (including phenoxy) is 2. The predicted octanol–water partition coefficient (Wildman–Crippen LogP) is 1.35. The number of nitrogens with zero attached hydrogens (tertiary/aromatic N) is 4. The molecule has 0 fully saturated rings. The molecule has 114 valence electrons. The van der Waals surface area contributed by atoms with E-state index >= 15 is 0 Å². The molecular formula is C13H12N4O5. The van der Waals surface area contributed by atoms with E-state index in [-0.39, 0.29) is 28.1 Å². The highest BCUT2D eigenvalue weighted by Gasteiger charge is 2.23. The van der Waals surface area contributed by atoms with Gasteiger partial charge in [0.2, 0.25) is 11.6 Å². The minimum absolute atomic E-state index is 0.0978. The highest BCUT2D eigenvalue weighted by molar-refractivity contribution is 5.61. The summed E-state index contributed by atoms with van der Waals surface area (Å²) in [6.07, 6.45) is 0. The summed E-state index contributed by atoms with van der Waals surface area (Å²) in [7, 11) is 3.08. The van der Waals surface area contributed by atoms with Crippen LogP contribution in [0.4, 0.5) is 0 Å². The van der Waals surface area contributed by atoms with Crippen molar-refractivity contribution < 1.29 is 23.4 Å². The fourth-order valence-electron chi connectivity index (χ4n) is 1.89. The van der Waals surface area contributed by atoms with Crippen LogP contribution in [-0.2, 0) is 0 Å². The van der Waals surface area contributed by atoms with Crippen LogP contribution in [0.5, 0.6) is 11.5 Å². The lowest BCUT2D eigenvalue weighted by atomic mass is 10.2. The molecule has 3 rings (SSSR count). The van der Waals surface area contributed by atoms with Crippen molar-refractivity contribution in [3.05, 3.63) is 29.1 Å². The Morgan fingerprint density at radius 3 is 2.45 bits per heavy atom. The van der Waals surface area contributed by atoms with Crippen molar-refractivity contribution >= 4 is 0 Å². The van der Waals surface area contributed by atoms with Crippen LogP contribution in [0, 0.1) is 12.1 Å². The van der Waals surface area contributed by atoms with Crippen LogP contribution >= 0.6 is 0 Å². The molecule has 0 saturated heterocycles. The SMILES string of the molecule is COc1ccc(-c2nnc(-c3no[n+]([O-])c3C)o2)cc1OC. The van der Waals surface area contributed by atoms with Gasteiger partial charge in [0.05, 0.1) is 19.4 Å². The maximum absolute atomic E-state index is 11.2. The summed E-state index contributed by atoms with van der Waals surface area (Å²) in [6, 6.07) is 5.19. The van der Waals surface area contributed by atoms with E-state index < -0.39 is 0 Å². The van der Waals surface area contributed by atoms with Crippen molar-refractivity contribution in [2.45, 2.75) is 6.92 Å². The molecular weight excluding hydrogens is 292 g/mol. The van der Waals surface area contributed by atoms with Gasteiger partial charge in [0.1, 0.15) is 0 Å². The second kappa shape index (κ2) is 5.35. The lowest BCUT2D eigenvalue weighted by molar-refractivity contribution is -0.806. The minimum Gasteiger partial charge on any atom is -0.493 e. The zero-order chi connectivity index (χ0) is 15.7. The van der Waals surface area contributed by atoms with Gasteiger partial charge in [-0.3, -0.25) is 4.63 Å². The lowest BCUT2D eigenvalue weighted by Crippen LogP contribution is -2.25. The molecule has 2 aromatic heterocycles. The van der Waals surface area contributed by atoms with E-state index in [0.717, 1.165) is 0 Å². The van der Waals surface area contributed by atoms with Gasteiger partial charge in [0.25, 0.3) is 5.89 Å². The third-order valence-electron chi connectivity index (χ3n) is 3.08. The molecule has 2 heterocycles. The molecule has 0 N–H and O–H groups in total. The number of hydrogen-bond acceptors (Lipinski definition) is 8.